The summed E-state index contributed by atoms with van der Waals surface area (Å²) in [6.07, 6.45) is 2.05. The molecule has 13 aromatic rings. The second kappa shape index (κ2) is 33.6. The van der Waals surface area contributed by atoms with E-state index in [1.165, 1.54) is 63.4 Å². The molecule has 8 aliphatic rings. The third-order valence-electron chi connectivity index (χ3n) is 21.9. The highest BCUT2D eigenvalue weighted by Gasteiger charge is 2.59. The van der Waals surface area contributed by atoms with Gasteiger partial charge in [0.25, 0.3) is 23.6 Å². The molecule has 4 N–H and O–H groups in total. The van der Waals surface area contributed by atoms with E-state index in [-0.39, 0.29) is 23.6 Å². The number of halogens is 3. The average Bonchev–Trinajstić information content (AvgIpc) is 1.58. The molecular weight excluding hydrogens is 1640 g/mol. The Balaban J connectivity index is 0.000000110. The maximum Gasteiger partial charge on any atom is 0.270 e. The molecule has 21 rings (SSSR count). The van der Waals surface area contributed by atoms with Crippen LogP contribution in [-0.2, 0) is 71.3 Å². The highest BCUT2D eigenvalue weighted by molar-refractivity contribution is 8.17. The zero-order chi connectivity index (χ0) is 82.1. The van der Waals surface area contributed by atoms with Crippen LogP contribution in [0.1, 0.15) is 85.7 Å². The largest absolute Gasteiger partial charge is 0.497 e. The van der Waals surface area contributed by atoms with Gasteiger partial charge in [-0.15, -0.1) is 0 Å². The first-order valence-electron chi connectivity index (χ1n) is 39.0. The minimum absolute atomic E-state index is 0.0151. The highest BCUT2D eigenvalue weighted by Crippen LogP contribution is 2.56. The van der Waals surface area contributed by atoms with Crippen LogP contribution >= 0.6 is 81.9 Å². The van der Waals surface area contributed by atoms with Crippen LogP contribution < -0.4 is 46.0 Å². The summed E-state index contributed by atoms with van der Waals surface area (Å²) in [6.45, 7) is 3.93. The fourth-order valence-electron chi connectivity index (χ4n) is 15.9. The van der Waals surface area contributed by atoms with Crippen LogP contribution in [0.25, 0.3) is 10.8 Å². The van der Waals surface area contributed by atoms with Crippen molar-refractivity contribution in [1.29, 1.82) is 0 Å². The van der Waals surface area contributed by atoms with E-state index in [0.29, 0.717) is 41.2 Å². The Labute approximate surface area is 726 Å². The number of carbonyl (C=O) groups excluding carboxylic acids is 4. The number of hydrogen-bond donors (Lipinski definition) is 4. The molecule has 0 saturated heterocycles. The van der Waals surface area contributed by atoms with Crippen LogP contribution in [0.2, 0.25) is 15.1 Å². The number of nitrogens with zero attached hydrogens (tertiary/aromatic N) is 8. The number of anilines is 4. The first-order chi connectivity index (χ1) is 58.7. The average molecular weight is 1710 g/mol. The Hall–Kier alpha value is -12.1. The molecule has 0 aliphatic carbocycles. The summed E-state index contributed by atoms with van der Waals surface area (Å²) < 4.78 is 5.27. The van der Waals surface area contributed by atoms with E-state index in [1.807, 2.05) is 252 Å². The van der Waals surface area contributed by atoms with E-state index in [9.17, 15) is 19.2 Å². The first kappa shape index (κ1) is 79.1. The Kier molecular flexibility index (Phi) is 22.2. The van der Waals surface area contributed by atoms with E-state index in [4.69, 9.17) is 39.5 Å². The molecular formula is C96H75Cl3N12O5S4. The van der Waals surface area contributed by atoms with Crippen LogP contribution in [0.15, 0.2) is 342 Å². The van der Waals surface area contributed by atoms with Crippen LogP contribution in [0.3, 0.4) is 0 Å². The molecule has 4 unspecified atom stereocenters. The summed E-state index contributed by atoms with van der Waals surface area (Å²) >= 11 is 24.9. The van der Waals surface area contributed by atoms with E-state index in [2.05, 4.69) is 110 Å². The quantitative estimate of drug-likeness (QED) is 0.0760. The van der Waals surface area contributed by atoms with Gasteiger partial charge in [0.05, 0.1) is 56.0 Å². The summed E-state index contributed by atoms with van der Waals surface area (Å²) in [4.78, 5) is 58.5. The number of hydrogen-bond acceptors (Lipinski definition) is 17. The number of thioether (sulfide) groups is 4. The first-order valence-corrected chi connectivity index (χ1v) is 43.4. The van der Waals surface area contributed by atoms with Gasteiger partial charge >= 0.3 is 0 Å². The summed E-state index contributed by atoms with van der Waals surface area (Å²) in [6, 6.07) is 105. The maximum absolute atomic E-state index is 13.9. The summed E-state index contributed by atoms with van der Waals surface area (Å²) in [7, 11) is 1.65. The lowest BCUT2D eigenvalue weighted by Crippen LogP contribution is -2.44. The number of carbonyl (C=O) groups is 4. The van der Waals surface area contributed by atoms with Crippen molar-refractivity contribution in [3.63, 3.8) is 0 Å². The zero-order valence-corrected chi connectivity index (χ0v) is 70.3. The van der Waals surface area contributed by atoms with Gasteiger partial charge in [0.1, 0.15) is 25.9 Å². The molecule has 0 bridgehead atoms. The van der Waals surface area contributed by atoms with E-state index in [0.717, 1.165) is 128 Å². The number of amides is 4. The van der Waals surface area contributed by atoms with Crippen molar-refractivity contribution in [3.05, 3.63) is 409 Å². The van der Waals surface area contributed by atoms with Crippen molar-refractivity contribution < 1.29 is 23.9 Å². The molecule has 0 radical (unpaired) electrons. The van der Waals surface area contributed by atoms with Gasteiger partial charge in [0, 0.05) is 65.1 Å². The number of nitrogens with one attached hydrogen (secondary N) is 4. The smallest absolute Gasteiger partial charge is 0.270 e. The van der Waals surface area contributed by atoms with Crippen molar-refractivity contribution in [2.24, 2.45) is 20.4 Å². The number of fused-ring (bicyclic) bond motifs is 9. The number of benzene rings is 13. The summed E-state index contributed by atoms with van der Waals surface area (Å²) in [5.41, 5.74) is 29.1. The maximum atomic E-state index is 13.9. The Morgan fingerprint density at radius 1 is 0.333 bits per heavy atom. The molecule has 17 nitrogen and oxygen atoms in total. The molecule has 594 valence electrons. The third kappa shape index (κ3) is 14.6. The number of hydrazone groups is 4. The van der Waals surface area contributed by atoms with Crippen molar-refractivity contribution in [2.75, 3.05) is 26.7 Å². The molecule has 13 aromatic carbocycles. The van der Waals surface area contributed by atoms with Gasteiger partial charge in [0.2, 0.25) is 19.5 Å². The minimum Gasteiger partial charge on any atom is -0.497 e. The second-order valence-corrected chi connectivity index (χ2v) is 35.2. The zero-order valence-electron chi connectivity index (χ0n) is 64.7. The van der Waals surface area contributed by atoms with Crippen molar-refractivity contribution in [1.82, 2.24) is 21.7 Å². The fourth-order valence-corrected chi connectivity index (χ4v) is 21.5. The monoisotopic (exact) mass is 1710 g/mol. The van der Waals surface area contributed by atoms with Crippen LogP contribution in [0, 0.1) is 0 Å². The van der Waals surface area contributed by atoms with Crippen LogP contribution in [-0.4, -0.2) is 50.9 Å². The van der Waals surface area contributed by atoms with Gasteiger partial charge in [0.15, 0.2) is 0 Å². The SMILES string of the molecule is CCCc1ccc2c(c1)N(Cc1ccccc1)C(=O)C21NN=C(c2ccc(OC)cc2)S1.O=C1N(Cc2c(Cl)cccc2Cl)c2ccccc2C12NN=C(c1ccccc1)S2.O=C1N(Cc2cccc3ccccc23)c2ccccc2C12NN=C(c1ccccc1)S2.O=C1N(Cc2ccccc2Cl)c2ccccc2C12NN=C(c1ccccc1)S2. The lowest BCUT2D eigenvalue weighted by Gasteiger charge is -2.23. The predicted molar refractivity (Wildman–Crippen MR) is 491 cm³/mol. The summed E-state index contributed by atoms with van der Waals surface area (Å²) in [5.74, 6) is 0.700. The summed E-state index contributed by atoms with van der Waals surface area (Å²) in [5, 5.41) is 25.5. The fraction of sp³-hybridized carbons (Fsp3) is 0.125. The lowest BCUT2D eigenvalue weighted by atomic mass is 10.0. The Morgan fingerprint density at radius 3 is 1.16 bits per heavy atom. The number of aryl methyl sites for hydroxylation is 1. The number of para-hydroxylation sites is 3. The molecule has 0 aromatic heterocycles. The van der Waals surface area contributed by atoms with Crippen molar-refractivity contribution >= 4 is 159 Å². The van der Waals surface area contributed by atoms with E-state index in [1.54, 1.807) is 35.1 Å². The van der Waals surface area contributed by atoms with Crippen LogP contribution in [0.4, 0.5) is 22.7 Å². The predicted octanol–water partition coefficient (Wildman–Crippen LogP) is 20.4. The molecule has 0 fully saturated rings. The van der Waals surface area contributed by atoms with E-state index >= 15 is 0 Å². The molecule has 4 spiro atoms. The highest BCUT2D eigenvalue weighted by atomic mass is 35.5. The Morgan fingerprint density at radius 2 is 0.692 bits per heavy atom. The third-order valence-corrected chi connectivity index (χ3v) is 28.2. The van der Waals surface area contributed by atoms with Gasteiger partial charge in [-0.2, -0.15) is 20.4 Å². The Bertz CT molecular complexity index is 6270. The lowest BCUT2D eigenvalue weighted by molar-refractivity contribution is -0.121. The topological polar surface area (TPSA) is 188 Å². The van der Waals surface area contributed by atoms with Gasteiger partial charge in [-0.1, -0.05) is 350 Å². The van der Waals surface area contributed by atoms with Crippen molar-refractivity contribution in [3.8, 4) is 5.75 Å². The number of ether oxygens (including phenoxy) is 1. The van der Waals surface area contributed by atoms with Gasteiger partial charge in [-0.3, -0.25) is 40.9 Å². The number of methoxy groups -OCH3 is 1. The molecule has 4 amide bonds. The molecule has 8 aliphatic heterocycles. The standard InChI is InChI=1S/C26H25N3O2S.C26H19N3OS.C22H15Cl2N3OS.C22H16ClN3OS/c1-3-7-18-10-15-22-23(16-18)29(17-19-8-5-4-6-9-19)25(30)26(22)28-27-24(32-26)20-11-13-21(31-2)14-12-20;30-25-26(28-27-24(31-26)19-10-2-1-3-11-19)22-15-6-7-16-23(22)29(25)17-20-13-8-12-18-9-4-5-14-21(18)20;23-17-10-6-11-18(24)15(17)13-27-19-12-5-4-9-16(19)22(21(27)28)26-25-20(29-22)14-7-2-1-3-8-14;23-18-12-6-4-10-16(18)14-26-19-13-7-5-11-17(19)22(21(26)27)25-24-20(28-22)15-8-2-1-3-9-15/h4-6,8-16,28H,3,7,17H2,1-2H3;1-16,28H,17H2;1-12,26H,13H2;1-13,25H,14H2. The second-order valence-electron chi connectivity index (χ2n) is 29.2. The van der Waals surface area contributed by atoms with Gasteiger partial charge in [-0.05, 0) is 106 Å². The molecule has 8 heterocycles. The van der Waals surface area contributed by atoms with Gasteiger partial charge < -0.3 is 24.3 Å². The van der Waals surface area contributed by atoms with Gasteiger partial charge in [-0.25, -0.2) is 0 Å². The molecule has 0 saturated carbocycles. The van der Waals surface area contributed by atoms with Crippen LogP contribution in [0.5, 0.6) is 5.75 Å². The number of rotatable bonds is 15. The normalized spacial score (nSPS) is 19.7. The molecule has 120 heavy (non-hydrogen) atoms. The van der Waals surface area contributed by atoms with Crippen molar-refractivity contribution in [2.45, 2.75) is 65.4 Å². The minimum atomic E-state index is -0.991. The molecule has 4 atom stereocenters. The van der Waals surface area contributed by atoms with E-state index < -0.39 is 19.5 Å². The molecule has 24 heteroatoms.